The van der Waals surface area contributed by atoms with Crippen LogP contribution in [-0.4, -0.2) is 35.8 Å². The van der Waals surface area contributed by atoms with Gasteiger partial charge in [-0.15, -0.1) is 0 Å². The molecule has 5 nitrogen and oxygen atoms in total. The molecule has 28 heavy (non-hydrogen) atoms. The number of unbranched alkanes of at least 4 members (excludes halogenated alkanes) is 1. The number of halogens is 1. The van der Waals surface area contributed by atoms with Crippen LogP contribution in [0.4, 0.5) is 0 Å². The van der Waals surface area contributed by atoms with E-state index in [9.17, 15) is 14.4 Å². The largest absolute Gasteiger partial charge is 0.465 e. The second-order valence-electron chi connectivity index (χ2n) is 7.83. The number of carbonyl (C=O) groups is 3. The molecule has 0 aromatic heterocycles. The Hall–Kier alpha value is -1.69. The van der Waals surface area contributed by atoms with Crippen molar-refractivity contribution in [2.75, 3.05) is 13.2 Å². The molecule has 0 radical (unpaired) electrons. The molecule has 0 spiro atoms. The van der Waals surface area contributed by atoms with Crippen molar-refractivity contribution >= 4 is 33.7 Å². The van der Waals surface area contributed by atoms with Crippen LogP contribution in [0.1, 0.15) is 79.0 Å². The Bertz CT molecular complexity index is 740. The topological polar surface area (TPSA) is 63.7 Å². The van der Waals surface area contributed by atoms with Crippen molar-refractivity contribution in [3.63, 3.8) is 0 Å². The van der Waals surface area contributed by atoms with Crippen LogP contribution in [0.5, 0.6) is 0 Å². The van der Waals surface area contributed by atoms with Crippen LogP contribution in [-0.2, 0) is 9.53 Å². The average molecular weight is 450 g/mol. The molecule has 1 aromatic rings. The molecular weight excluding hydrogens is 422 g/mol. The number of nitrogens with zero attached hydrogens (tertiary/aromatic N) is 1. The van der Waals surface area contributed by atoms with E-state index < -0.39 is 0 Å². The normalized spacial score (nSPS) is 21.7. The van der Waals surface area contributed by atoms with Gasteiger partial charge in [0.05, 0.1) is 23.7 Å². The summed E-state index contributed by atoms with van der Waals surface area (Å²) in [5.74, 6) is 0.0925. The molecule has 0 unspecified atom stereocenters. The standard InChI is InChI=1S/C22H28BrNO4/c1-2-3-5-15-6-8-16(9-7-15)22(27)28-13-4-12-24-20(25)18-11-10-17(23)14-19(18)21(24)26/h10-11,14-16H,2-9,12-13H2,1H3. The number of carbonyl (C=O) groups excluding carboxylic acids is 3. The number of ether oxygens (including phenoxy) is 1. The number of hydrogen-bond acceptors (Lipinski definition) is 4. The minimum atomic E-state index is -0.280. The lowest BCUT2D eigenvalue weighted by Crippen LogP contribution is -2.31. The maximum atomic E-state index is 12.4. The first-order chi connectivity index (χ1) is 13.5. The zero-order valence-electron chi connectivity index (χ0n) is 16.4. The van der Waals surface area contributed by atoms with Gasteiger partial charge in [0.1, 0.15) is 0 Å². The molecule has 0 saturated heterocycles. The maximum absolute atomic E-state index is 12.4. The summed E-state index contributed by atoms with van der Waals surface area (Å²) >= 11 is 3.33. The van der Waals surface area contributed by atoms with Crippen LogP contribution < -0.4 is 0 Å². The first-order valence-corrected chi connectivity index (χ1v) is 11.1. The molecular formula is C22H28BrNO4. The molecule has 1 fully saturated rings. The van der Waals surface area contributed by atoms with E-state index in [1.54, 1.807) is 18.2 Å². The summed E-state index contributed by atoms with van der Waals surface area (Å²) < 4.78 is 6.20. The highest BCUT2D eigenvalue weighted by Gasteiger charge is 2.35. The Kier molecular flexibility index (Phi) is 7.27. The lowest BCUT2D eigenvalue weighted by Gasteiger charge is -2.27. The fraction of sp³-hybridized carbons (Fsp3) is 0.591. The molecule has 1 saturated carbocycles. The van der Waals surface area contributed by atoms with Gasteiger partial charge in [0, 0.05) is 11.0 Å². The highest BCUT2D eigenvalue weighted by atomic mass is 79.9. The van der Waals surface area contributed by atoms with Crippen LogP contribution in [0.15, 0.2) is 22.7 Å². The van der Waals surface area contributed by atoms with Gasteiger partial charge in [0.25, 0.3) is 11.8 Å². The lowest BCUT2D eigenvalue weighted by molar-refractivity contribution is -0.150. The minimum absolute atomic E-state index is 0.00883. The summed E-state index contributed by atoms with van der Waals surface area (Å²) in [7, 11) is 0. The van der Waals surface area contributed by atoms with Crippen molar-refractivity contribution in [3.8, 4) is 0 Å². The molecule has 0 atom stereocenters. The van der Waals surface area contributed by atoms with Crippen molar-refractivity contribution in [1.82, 2.24) is 4.90 Å². The first kappa shape index (κ1) is 21.0. The smallest absolute Gasteiger partial charge is 0.308 e. The van der Waals surface area contributed by atoms with E-state index in [1.807, 2.05) is 0 Å². The Morgan fingerprint density at radius 2 is 1.82 bits per heavy atom. The van der Waals surface area contributed by atoms with E-state index in [0.29, 0.717) is 17.5 Å². The lowest BCUT2D eigenvalue weighted by atomic mass is 9.80. The van der Waals surface area contributed by atoms with E-state index in [0.717, 1.165) is 36.1 Å². The van der Waals surface area contributed by atoms with Crippen molar-refractivity contribution in [3.05, 3.63) is 33.8 Å². The van der Waals surface area contributed by atoms with Crippen molar-refractivity contribution in [1.29, 1.82) is 0 Å². The molecule has 6 heteroatoms. The Balaban J connectivity index is 1.39. The number of esters is 1. The molecule has 1 aliphatic heterocycles. The number of benzene rings is 1. The molecule has 1 heterocycles. The fourth-order valence-electron chi connectivity index (χ4n) is 4.16. The third kappa shape index (κ3) is 4.83. The van der Waals surface area contributed by atoms with E-state index in [1.165, 1.54) is 24.2 Å². The summed E-state index contributed by atoms with van der Waals surface area (Å²) in [6, 6.07) is 5.09. The van der Waals surface area contributed by atoms with Crippen LogP contribution in [0.3, 0.4) is 0 Å². The van der Waals surface area contributed by atoms with Gasteiger partial charge in [-0.2, -0.15) is 0 Å². The second-order valence-corrected chi connectivity index (χ2v) is 8.75. The van der Waals surface area contributed by atoms with Crippen molar-refractivity contribution in [2.24, 2.45) is 11.8 Å². The van der Waals surface area contributed by atoms with Crippen LogP contribution in [0, 0.1) is 11.8 Å². The number of rotatable bonds is 8. The summed E-state index contributed by atoms with van der Waals surface area (Å²) in [4.78, 5) is 38.3. The molecule has 2 aliphatic rings. The van der Waals surface area contributed by atoms with Gasteiger partial charge in [-0.05, 0) is 56.2 Å². The molecule has 3 rings (SSSR count). The average Bonchev–Trinajstić information content (AvgIpc) is 2.93. The SMILES string of the molecule is CCCCC1CCC(C(=O)OCCCN2C(=O)c3ccc(Br)cc3C2=O)CC1. The van der Waals surface area contributed by atoms with Crippen LogP contribution in [0.25, 0.3) is 0 Å². The van der Waals surface area contributed by atoms with Gasteiger partial charge < -0.3 is 4.74 Å². The summed E-state index contributed by atoms with van der Waals surface area (Å²) in [5.41, 5.74) is 0.862. The first-order valence-electron chi connectivity index (χ1n) is 10.3. The maximum Gasteiger partial charge on any atom is 0.308 e. The van der Waals surface area contributed by atoms with Crippen molar-refractivity contribution in [2.45, 2.75) is 58.3 Å². The van der Waals surface area contributed by atoms with E-state index in [4.69, 9.17) is 4.74 Å². The predicted molar refractivity (Wildman–Crippen MR) is 110 cm³/mol. The number of fused-ring (bicyclic) bond motifs is 1. The number of hydrogen-bond donors (Lipinski definition) is 0. The molecule has 2 amide bonds. The molecule has 0 N–H and O–H groups in total. The Morgan fingerprint density at radius 1 is 1.11 bits per heavy atom. The molecule has 152 valence electrons. The van der Waals surface area contributed by atoms with Gasteiger partial charge in [-0.25, -0.2) is 0 Å². The summed E-state index contributed by atoms with van der Waals surface area (Å²) in [6.07, 6.45) is 8.30. The minimum Gasteiger partial charge on any atom is -0.465 e. The highest BCUT2D eigenvalue weighted by molar-refractivity contribution is 9.10. The van der Waals surface area contributed by atoms with Gasteiger partial charge in [-0.3, -0.25) is 19.3 Å². The monoisotopic (exact) mass is 449 g/mol. The third-order valence-electron chi connectivity index (χ3n) is 5.85. The van der Waals surface area contributed by atoms with Crippen LogP contribution in [0.2, 0.25) is 0 Å². The summed E-state index contributed by atoms with van der Waals surface area (Å²) in [6.45, 7) is 2.72. The zero-order chi connectivity index (χ0) is 20.1. The predicted octanol–water partition coefficient (Wildman–Crippen LogP) is 4.98. The number of amides is 2. The zero-order valence-corrected chi connectivity index (χ0v) is 18.0. The van der Waals surface area contributed by atoms with Crippen molar-refractivity contribution < 1.29 is 19.1 Å². The van der Waals surface area contributed by atoms with Gasteiger partial charge in [-0.1, -0.05) is 42.1 Å². The number of imide groups is 1. The Morgan fingerprint density at radius 3 is 2.54 bits per heavy atom. The van der Waals surface area contributed by atoms with E-state index in [2.05, 4.69) is 22.9 Å². The van der Waals surface area contributed by atoms with E-state index in [-0.39, 0.29) is 36.9 Å². The fourth-order valence-corrected chi connectivity index (χ4v) is 4.52. The molecule has 1 aromatic carbocycles. The van der Waals surface area contributed by atoms with Gasteiger partial charge in [0.2, 0.25) is 0 Å². The summed E-state index contributed by atoms with van der Waals surface area (Å²) in [5, 5.41) is 0. The van der Waals surface area contributed by atoms with Gasteiger partial charge >= 0.3 is 5.97 Å². The third-order valence-corrected chi connectivity index (χ3v) is 6.34. The molecule has 0 bridgehead atoms. The quantitative estimate of drug-likeness (QED) is 0.319. The van der Waals surface area contributed by atoms with E-state index >= 15 is 0 Å². The van der Waals surface area contributed by atoms with Crippen LogP contribution >= 0.6 is 15.9 Å². The van der Waals surface area contributed by atoms with Gasteiger partial charge in [0.15, 0.2) is 0 Å². The highest BCUT2D eigenvalue weighted by Crippen LogP contribution is 2.32. The Labute approximate surface area is 174 Å². The molecule has 1 aliphatic carbocycles. The second kappa shape index (κ2) is 9.68.